The van der Waals surface area contributed by atoms with Crippen molar-refractivity contribution in [3.05, 3.63) is 119 Å². The Hall–Kier alpha value is -4.14. The largest absolute Gasteiger partial charge is 0.457 e. The Morgan fingerprint density at radius 1 is 0.756 bits per heavy atom. The number of nitrogens with two attached hydrogens (primary N) is 1. The van der Waals surface area contributed by atoms with E-state index in [1.807, 2.05) is 67.6 Å². The Morgan fingerprint density at radius 3 is 1.76 bits per heavy atom. The Kier molecular flexibility index (Phi) is 9.81. The maximum Gasteiger partial charge on any atom is 0.419 e. The summed E-state index contributed by atoms with van der Waals surface area (Å²) in [5.74, 6) is 1.36. The van der Waals surface area contributed by atoms with Gasteiger partial charge in [0.25, 0.3) is 0 Å². The lowest BCUT2D eigenvalue weighted by Crippen LogP contribution is -2.34. The molecule has 0 aliphatic rings. The molecule has 4 aromatic rings. The fourth-order valence-electron chi connectivity index (χ4n) is 4.39. The van der Waals surface area contributed by atoms with Gasteiger partial charge in [-0.2, -0.15) is 13.2 Å². The molecule has 0 amide bonds. The molecule has 41 heavy (non-hydrogen) atoms. The smallest absolute Gasteiger partial charge is 0.419 e. The van der Waals surface area contributed by atoms with Crippen LogP contribution in [0.1, 0.15) is 35.6 Å². The van der Waals surface area contributed by atoms with Crippen molar-refractivity contribution in [2.75, 3.05) is 6.54 Å². The summed E-state index contributed by atoms with van der Waals surface area (Å²) < 4.78 is 53.0. The molecule has 0 aromatic heterocycles. The Bertz CT molecular complexity index is 1470. The van der Waals surface area contributed by atoms with Gasteiger partial charge < -0.3 is 15.2 Å². The Labute approximate surface area is 238 Å². The molecule has 0 unspecified atom stereocenters. The summed E-state index contributed by atoms with van der Waals surface area (Å²) in [7, 11) is 0. The number of benzene rings is 4. The van der Waals surface area contributed by atoms with Gasteiger partial charge in [0.15, 0.2) is 0 Å². The van der Waals surface area contributed by atoms with E-state index in [0.717, 1.165) is 22.9 Å². The zero-order valence-corrected chi connectivity index (χ0v) is 23.0. The molecule has 0 fully saturated rings. The van der Waals surface area contributed by atoms with Crippen LogP contribution in [0.15, 0.2) is 97.1 Å². The highest BCUT2D eigenvalue weighted by Gasteiger charge is 2.34. The van der Waals surface area contributed by atoms with Crippen LogP contribution in [0.4, 0.5) is 13.2 Å². The summed E-state index contributed by atoms with van der Waals surface area (Å²) in [5, 5.41) is 0. The molecular weight excluding hydrogens is 529 g/mol. The van der Waals surface area contributed by atoms with E-state index >= 15 is 0 Å². The van der Waals surface area contributed by atoms with E-state index in [9.17, 15) is 18.0 Å². The first-order valence-electron chi connectivity index (χ1n) is 13.3. The second kappa shape index (κ2) is 13.5. The third kappa shape index (κ3) is 8.19. The number of carbonyl (C=O) groups is 1. The van der Waals surface area contributed by atoms with Crippen molar-refractivity contribution in [3.8, 4) is 23.0 Å². The van der Waals surface area contributed by atoms with Gasteiger partial charge in [-0.3, -0.25) is 9.69 Å². The van der Waals surface area contributed by atoms with Crippen LogP contribution in [-0.4, -0.2) is 23.3 Å². The van der Waals surface area contributed by atoms with Crippen molar-refractivity contribution in [2.45, 2.75) is 45.6 Å². The number of Topliss-reactive ketones (excluding diaryl/α,β-unsaturated/α-hetero) is 1. The summed E-state index contributed by atoms with van der Waals surface area (Å²) in [5.41, 5.74) is 7.81. The van der Waals surface area contributed by atoms with Crippen LogP contribution in [0.25, 0.3) is 0 Å². The molecule has 0 bridgehead atoms. The molecule has 0 saturated heterocycles. The molecule has 0 saturated carbocycles. The van der Waals surface area contributed by atoms with Crippen molar-refractivity contribution in [2.24, 2.45) is 5.73 Å². The highest BCUT2D eigenvalue weighted by atomic mass is 19.4. The Balaban J connectivity index is 1.62. The summed E-state index contributed by atoms with van der Waals surface area (Å²) in [6.07, 6.45) is -4.14. The zero-order valence-electron chi connectivity index (χ0n) is 23.0. The summed E-state index contributed by atoms with van der Waals surface area (Å²) in [6, 6.07) is 26.9. The van der Waals surface area contributed by atoms with E-state index in [0.29, 0.717) is 43.1 Å². The number of alkyl halides is 3. The molecule has 0 heterocycles. The normalized spacial score (nSPS) is 12.3. The fourth-order valence-corrected chi connectivity index (χ4v) is 4.39. The number of carbonyl (C=O) groups excluding carboxylic acids is 1. The van der Waals surface area contributed by atoms with Crippen LogP contribution < -0.4 is 15.2 Å². The highest BCUT2D eigenvalue weighted by Crippen LogP contribution is 2.39. The summed E-state index contributed by atoms with van der Waals surface area (Å²) in [6.45, 7) is 4.68. The molecule has 4 rings (SSSR count). The van der Waals surface area contributed by atoms with Crippen molar-refractivity contribution in [1.82, 2.24) is 4.90 Å². The summed E-state index contributed by atoms with van der Waals surface area (Å²) >= 11 is 0. The molecule has 8 heteroatoms. The number of para-hydroxylation sites is 4. The molecular formula is C33H33F3N2O3. The Morgan fingerprint density at radius 2 is 1.22 bits per heavy atom. The number of ether oxygens (including phenoxy) is 2. The number of nitrogens with zero attached hydrogens (tertiary/aromatic N) is 1. The van der Waals surface area contributed by atoms with E-state index < -0.39 is 17.8 Å². The average Bonchev–Trinajstić information content (AvgIpc) is 2.94. The van der Waals surface area contributed by atoms with Crippen LogP contribution in [0.3, 0.4) is 0 Å². The van der Waals surface area contributed by atoms with Gasteiger partial charge in [0.1, 0.15) is 28.8 Å². The van der Waals surface area contributed by atoms with Crippen LogP contribution >= 0.6 is 0 Å². The molecule has 214 valence electrons. The molecule has 2 N–H and O–H groups in total. The monoisotopic (exact) mass is 562 g/mol. The van der Waals surface area contributed by atoms with Crippen molar-refractivity contribution in [1.29, 1.82) is 0 Å². The number of ketones is 1. The highest BCUT2D eigenvalue weighted by molar-refractivity contribution is 5.81. The number of hydrogen-bond donors (Lipinski definition) is 1. The van der Waals surface area contributed by atoms with E-state index in [1.54, 1.807) is 12.1 Å². The van der Waals surface area contributed by atoms with Gasteiger partial charge in [0.2, 0.25) is 0 Å². The van der Waals surface area contributed by atoms with E-state index in [4.69, 9.17) is 15.2 Å². The minimum absolute atomic E-state index is 0.110. The maximum absolute atomic E-state index is 13.6. The second-order valence-corrected chi connectivity index (χ2v) is 9.90. The van der Waals surface area contributed by atoms with Gasteiger partial charge in [-0.25, -0.2) is 0 Å². The second-order valence-electron chi connectivity index (χ2n) is 9.90. The third-order valence-electron chi connectivity index (χ3n) is 6.74. The molecule has 4 aromatic carbocycles. The molecule has 0 radical (unpaired) electrons. The lowest BCUT2D eigenvalue weighted by Gasteiger charge is -2.26. The third-order valence-corrected chi connectivity index (χ3v) is 6.74. The topological polar surface area (TPSA) is 64.8 Å². The number of hydrogen-bond acceptors (Lipinski definition) is 5. The molecule has 1 atom stereocenters. The number of halogens is 3. The van der Waals surface area contributed by atoms with E-state index in [1.165, 1.54) is 25.1 Å². The molecule has 0 aliphatic heterocycles. The first-order chi connectivity index (χ1) is 19.6. The predicted octanol–water partition coefficient (Wildman–Crippen LogP) is 7.91. The quantitative estimate of drug-likeness (QED) is 0.190. The molecule has 0 spiro atoms. The van der Waals surface area contributed by atoms with Gasteiger partial charge >= 0.3 is 6.18 Å². The van der Waals surface area contributed by atoms with Gasteiger partial charge in [-0.05, 0) is 56.2 Å². The minimum atomic E-state index is -4.55. The molecule has 5 nitrogen and oxygen atoms in total. The standard InChI is InChI=1S/C33H33F3N2O3/c1-23-11-3-7-15-29(23)40-30-16-8-4-12-25(30)21-38(20-19-28(37)24(2)39)22-26-13-5-9-17-31(26)41-32-18-10-6-14-27(32)33(34,35)36/h3-18,28H,19-22,37H2,1-2H3/t28-/m0/s1. The zero-order chi connectivity index (χ0) is 29.4. The van der Waals surface area contributed by atoms with Gasteiger partial charge in [0, 0.05) is 30.8 Å². The van der Waals surface area contributed by atoms with Gasteiger partial charge in [-0.1, -0.05) is 66.7 Å². The first kappa shape index (κ1) is 29.8. The molecule has 0 aliphatic carbocycles. The van der Waals surface area contributed by atoms with Crippen LogP contribution in [-0.2, 0) is 24.1 Å². The summed E-state index contributed by atoms with van der Waals surface area (Å²) in [4.78, 5) is 13.9. The number of rotatable bonds is 12. The van der Waals surface area contributed by atoms with Crippen LogP contribution in [0.2, 0.25) is 0 Å². The lowest BCUT2D eigenvalue weighted by atomic mass is 10.1. The average molecular weight is 563 g/mol. The predicted molar refractivity (Wildman–Crippen MR) is 153 cm³/mol. The van der Waals surface area contributed by atoms with Gasteiger partial charge in [-0.15, -0.1) is 0 Å². The van der Waals surface area contributed by atoms with Crippen molar-refractivity contribution in [3.63, 3.8) is 0 Å². The van der Waals surface area contributed by atoms with Crippen LogP contribution in [0, 0.1) is 6.92 Å². The maximum atomic E-state index is 13.6. The van der Waals surface area contributed by atoms with Crippen molar-refractivity contribution >= 4 is 5.78 Å². The minimum Gasteiger partial charge on any atom is -0.457 e. The first-order valence-corrected chi connectivity index (χ1v) is 13.3. The fraction of sp³-hybridized carbons (Fsp3) is 0.242. The lowest BCUT2D eigenvalue weighted by molar-refractivity contribution is -0.138. The van der Waals surface area contributed by atoms with Crippen LogP contribution in [0.5, 0.6) is 23.0 Å². The SMILES string of the molecule is CC(=O)[C@@H](N)CCN(Cc1ccccc1Oc1ccccc1C)Cc1ccccc1Oc1ccccc1C(F)(F)F. The number of aryl methyl sites for hydroxylation is 1. The van der Waals surface area contributed by atoms with Gasteiger partial charge in [0.05, 0.1) is 11.6 Å². The van der Waals surface area contributed by atoms with E-state index in [-0.39, 0.29) is 11.5 Å². The van der Waals surface area contributed by atoms with Crippen molar-refractivity contribution < 1.29 is 27.4 Å². The van der Waals surface area contributed by atoms with E-state index in [2.05, 4.69) is 4.90 Å².